The average Bonchev–Trinajstić information content (AvgIpc) is 1.63. The quantitative estimate of drug-likeness (QED) is 0.696. The van der Waals surface area contributed by atoms with Gasteiger partial charge in [-0.15, -0.1) is 0 Å². The van der Waals surface area contributed by atoms with Crippen LogP contribution in [0.5, 0.6) is 0 Å². The standard InChI is InChI=1S/2C4H9.In.H/c2*1-4(2)3;;/h2*4H,1H2,2-3H3;;. The zero-order valence-corrected chi connectivity index (χ0v) is 11.3. The Balaban J connectivity index is 2.91. The maximum absolute atomic E-state index is 2.34. The minimum atomic E-state index is -0.245. The van der Waals surface area contributed by atoms with Gasteiger partial charge in [0.1, 0.15) is 0 Å². The van der Waals surface area contributed by atoms with E-state index in [-0.39, 0.29) is 22.9 Å². The second-order valence-corrected chi connectivity index (χ2v) is 9.03. The third-order valence-corrected chi connectivity index (χ3v) is 10.5. The third-order valence-electron chi connectivity index (χ3n) is 1.56. The van der Waals surface area contributed by atoms with Crippen LogP contribution in [-0.2, 0) is 0 Å². The Morgan fingerprint density at radius 2 is 1.22 bits per heavy atom. The van der Waals surface area contributed by atoms with E-state index in [9.17, 15) is 0 Å². The molecule has 0 saturated heterocycles. The Kier molecular flexibility index (Phi) is 6.18. The fraction of sp³-hybridized carbons (Fsp3) is 1.00. The summed E-state index contributed by atoms with van der Waals surface area (Å²) in [6.07, 6.45) is 0. The van der Waals surface area contributed by atoms with Crippen LogP contribution >= 0.6 is 0 Å². The monoisotopic (exact) mass is 230 g/mol. The van der Waals surface area contributed by atoms with E-state index < -0.39 is 0 Å². The molecule has 0 aromatic heterocycles. The van der Waals surface area contributed by atoms with Gasteiger partial charge in [0.25, 0.3) is 0 Å². The van der Waals surface area contributed by atoms with Gasteiger partial charge in [-0.05, 0) is 0 Å². The van der Waals surface area contributed by atoms with Crippen molar-refractivity contribution in [1.82, 2.24) is 0 Å². The molecule has 0 aromatic rings. The Labute approximate surface area is 70.8 Å². The van der Waals surface area contributed by atoms with E-state index in [0.29, 0.717) is 0 Å². The van der Waals surface area contributed by atoms with E-state index in [2.05, 4.69) is 27.7 Å². The van der Waals surface area contributed by atoms with Gasteiger partial charge in [0.05, 0.1) is 0 Å². The normalized spacial score (nSPS) is 10.9. The van der Waals surface area contributed by atoms with Gasteiger partial charge in [0.2, 0.25) is 0 Å². The molecular weight excluding hydrogens is 211 g/mol. The molecule has 0 rings (SSSR count). The van der Waals surface area contributed by atoms with Crippen LogP contribution in [0.15, 0.2) is 0 Å². The molecule has 1 heteroatoms. The zero-order valence-electron chi connectivity index (χ0n) is 7.28. The fourth-order valence-corrected chi connectivity index (χ4v) is 6.27. The predicted octanol–water partition coefficient (Wildman–Crippen LogP) is 2.57. The van der Waals surface area contributed by atoms with E-state index in [4.69, 9.17) is 0 Å². The van der Waals surface area contributed by atoms with Crippen molar-refractivity contribution < 1.29 is 0 Å². The Morgan fingerprint density at radius 3 is 1.44 bits per heavy atom. The van der Waals surface area contributed by atoms with Crippen LogP contribution in [-0.4, -0.2) is 22.9 Å². The van der Waals surface area contributed by atoms with Crippen LogP contribution in [0.2, 0.25) is 8.35 Å². The van der Waals surface area contributed by atoms with E-state index in [1.807, 2.05) is 0 Å². The molecule has 54 valence electrons. The molecule has 0 saturated carbocycles. The molecule has 0 aliphatic heterocycles. The maximum atomic E-state index is 2.34. The topological polar surface area (TPSA) is 0 Å². The van der Waals surface area contributed by atoms with Crippen LogP contribution in [0, 0.1) is 11.8 Å². The van der Waals surface area contributed by atoms with Crippen LogP contribution in [0.1, 0.15) is 27.7 Å². The molecule has 0 heterocycles. The molecule has 0 atom stereocenters. The Hall–Kier alpha value is 0.870. The Bertz CT molecular complexity index is 49.6. The molecule has 0 unspecified atom stereocenters. The van der Waals surface area contributed by atoms with Crippen molar-refractivity contribution in [3.05, 3.63) is 0 Å². The number of hydrogen-bond donors (Lipinski definition) is 0. The minimum absolute atomic E-state index is 0.245. The fourth-order valence-electron chi connectivity index (χ4n) is 0.934. The summed E-state index contributed by atoms with van der Waals surface area (Å²) >= 11 is -0.245. The van der Waals surface area contributed by atoms with Crippen LogP contribution in [0.3, 0.4) is 0 Å². The number of hydrogen-bond acceptors (Lipinski definition) is 0. The van der Waals surface area contributed by atoms with Gasteiger partial charge in [0, 0.05) is 0 Å². The van der Waals surface area contributed by atoms with E-state index in [1.54, 1.807) is 8.35 Å². The third kappa shape index (κ3) is 8.87. The van der Waals surface area contributed by atoms with E-state index in [0.717, 1.165) is 11.8 Å². The van der Waals surface area contributed by atoms with Crippen molar-refractivity contribution in [2.24, 2.45) is 11.8 Å². The van der Waals surface area contributed by atoms with Crippen molar-refractivity contribution in [3.8, 4) is 0 Å². The number of rotatable bonds is 4. The molecule has 0 fully saturated rings. The first-order chi connectivity index (χ1) is 4.13. The van der Waals surface area contributed by atoms with Crippen molar-refractivity contribution in [2.45, 2.75) is 36.0 Å². The van der Waals surface area contributed by atoms with E-state index >= 15 is 0 Å². The summed E-state index contributed by atoms with van der Waals surface area (Å²) in [6, 6.07) is 0. The first-order valence-corrected chi connectivity index (χ1v) is 9.83. The average molecular weight is 230 g/mol. The van der Waals surface area contributed by atoms with Gasteiger partial charge in [-0.2, -0.15) is 0 Å². The summed E-state index contributed by atoms with van der Waals surface area (Å²) in [6.45, 7) is 9.38. The van der Waals surface area contributed by atoms with Crippen molar-refractivity contribution in [1.29, 1.82) is 0 Å². The molecular formula is C8H19In. The van der Waals surface area contributed by atoms with Crippen LogP contribution in [0.4, 0.5) is 0 Å². The molecule has 0 N–H and O–H groups in total. The molecule has 0 spiro atoms. The van der Waals surface area contributed by atoms with Crippen LogP contribution < -0.4 is 0 Å². The van der Waals surface area contributed by atoms with Crippen molar-refractivity contribution >= 4 is 22.9 Å². The summed E-state index contributed by atoms with van der Waals surface area (Å²) in [5, 5.41) is 0. The summed E-state index contributed by atoms with van der Waals surface area (Å²) in [4.78, 5) is 0. The van der Waals surface area contributed by atoms with Gasteiger partial charge >= 0.3 is 70.8 Å². The second kappa shape index (κ2) is 5.64. The summed E-state index contributed by atoms with van der Waals surface area (Å²) in [5.41, 5.74) is 0. The molecule has 0 radical (unpaired) electrons. The molecule has 0 nitrogen and oxygen atoms in total. The molecule has 0 aliphatic carbocycles. The molecule has 0 bridgehead atoms. The second-order valence-electron chi connectivity index (χ2n) is 3.72. The van der Waals surface area contributed by atoms with Crippen molar-refractivity contribution in [2.75, 3.05) is 0 Å². The molecule has 0 aromatic carbocycles. The summed E-state index contributed by atoms with van der Waals surface area (Å²) < 4.78 is 3.22. The van der Waals surface area contributed by atoms with Crippen molar-refractivity contribution in [3.63, 3.8) is 0 Å². The van der Waals surface area contributed by atoms with Crippen LogP contribution in [0.25, 0.3) is 0 Å². The first-order valence-electron chi connectivity index (χ1n) is 4.13. The van der Waals surface area contributed by atoms with Gasteiger partial charge in [-0.3, -0.25) is 0 Å². The summed E-state index contributed by atoms with van der Waals surface area (Å²) in [5.74, 6) is 1.97. The zero-order chi connectivity index (χ0) is 7.28. The SMILES string of the molecule is CC(C)[CH2][InH][CH2]C(C)C. The summed E-state index contributed by atoms with van der Waals surface area (Å²) in [7, 11) is 0. The Morgan fingerprint density at radius 1 is 0.889 bits per heavy atom. The molecule has 9 heavy (non-hydrogen) atoms. The van der Waals surface area contributed by atoms with Gasteiger partial charge in [0.15, 0.2) is 0 Å². The molecule has 0 amide bonds. The van der Waals surface area contributed by atoms with Gasteiger partial charge < -0.3 is 0 Å². The first kappa shape index (κ1) is 9.87. The van der Waals surface area contributed by atoms with Gasteiger partial charge in [-0.1, -0.05) is 0 Å². The van der Waals surface area contributed by atoms with Gasteiger partial charge in [-0.25, -0.2) is 0 Å². The molecule has 0 aliphatic rings. The van der Waals surface area contributed by atoms with E-state index in [1.165, 1.54) is 0 Å². The predicted molar refractivity (Wildman–Crippen MR) is 46.4 cm³/mol.